The third-order valence-corrected chi connectivity index (χ3v) is 5.99. The Hall–Kier alpha value is -4.12. The minimum Gasteiger partial charge on any atom is -0.333 e. The number of hydrogen-bond acceptors (Lipinski definition) is 6. The van der Waals surface area contributed by atoms with Crippen molar-refractivity contribution in [2.24, 2.45) is 7.05 Å². The third-order valence-electron chi connectivity index (χ3n) is 5.10. The summed E-state index contributed by atoms with van der Waals surface area (Å²) in [5.41, 5.74) is 2.70. The van der Waals surface area contributed by atoms with Crippen LogP contribution < -0.4 is 10.9 Å². The van der Waals surface area contributed by atoms with Gasteiger partial charge in [0, 0.05) is 24.7 Å². The highest BCUT2D eigenvalue weighted by atomic mass is 32.2. The number of amides is 1. The molecule has 0 fully saturated rings. The van der Waals surface area contributed by atoms with Gasteiger partial charge in [0.25, 0.3) is 11.2 Å². The number of hydrogen-bond donors (Lipinski definition) is 2. The summed E-state index contributed by atoms with van der Waals surface area (Å²) in [4.78, 5) is 43.1. The van der Waals surface area contributed by atoms with Gasteiger partial charge in [-0.1, -0.05) is 30.0 Å². The molecule has 0 radical (unpaired) electrons. The molecule has 168 valence electrons. The lowest BCUT2D eigenvalue weighted by Crippen LogP contribution is -2.23. The van der Waals surface area contributed by atoms with E-state index in [0.717, 1.165) is 5.56 Å². The zero-order valence-corrected chi connectivity index (χ0v) is 18.6. The molecule has 2 aromatic carbocycles. The topological polar surface area (TPSA) is 128 Å². The molecule has 4 aromatic rings. The van der Waals surface area contributed by atoms with Crippen LogP contribution in [0.1, 0.15) is 5.69 Å². The highest BCUT2D eigenvalue weighted by Gasteiger charge is 2.18. The minimum atomic E-state index is -0.459. The molecule has 0 atom stereocenters. The fourth-order valence-corrected chi connectivity index (χ4v) is 3.96. The molecule has 4 rings (SSSR count). The average molecular weight is 465 g/mol. The molecule has 0 saturated heterocycles. The monoisotopic (exact) mass is 464 g/mol. The SMILES string of the molecule is Cc1c(NC(=O)CSc2ncc(-c3ccc([N+](=O)[O-])cc3)[nH]2)c(=O)n(-c2ccccc2)n1C. The number of nitrogens with zero attached hydrogens (tertiary/aromatic N) is 4. The van der Waals surface area contributed by atoms with E-state index in [1.54, 1.807) is 37.0 Å². The zero-order chi connectivity index (χ0) is 23.5. The van der Waals surface area contributed by atoms with Crippen LogP contribution in [0.25, 0.3) is 16.9 Å². The second-order valence-electron chi connectivity index (χ2n) is 7.18. The van der Waals surface area contributed by atoms with Crippen molar-refractivity contribution in [1.82, 2.24) is 19.3 Å². The van der Waals surface area contributed by atoms with E-state index in [2.05, 4.69) is 15.3 Å². The van der Waals surface area contributed by atoms with Crippen molar-refractivity contribution >= 4 is 29.0 Å². The number of anilines is 1. The quantitative estimate of drug-likeness (QED) is 0.245. The zero-order valence-electron chi connectivity index (χ0n) is 17.8. The van der Waals surface area contributed by atoms with Gasteiger partial charge in [-0.05, 0) is 31.2 Å². The number of carbonyl (C=O) groups is 1. The molecule has 33 heavy (non-hydrogen) atoms. The molecular formula is C22H20N6O4S. The third kappa shape index (κ3) is 4.58. The number of aromatic nitrogens is 4. The largest absolute Gasteiger partial charge is 0.333 e. The Kier molecular flexibility index (Phi) is 6.13. The molecule has 0 saturated carbocycles. The molecule has 0 aliphatic heterocycles. The summed E-state index contributed by atoms with van der Waals surface area (Å²) in [5, 5.41) is 14.0. The number of para-hydroxylation sites is 1. The molecule has 0 spiro atoms. The number of nitro benzene ring substituents is 1. The fourth-order valence-electron chi connectivity index (χ4n) is 3.31. The van der Waals surface area contributed by atoms with Crippen LogP contribution in [0.2, 0.25) is 0 Å². The van der Waals surface area contributed by atoms with Crippen LogP contribution in [0, 0.1) is 17.0 Å². The summed E-state index contributed by atoms with van der Waals surface area (Å²) in [6.45, 7) is 1.77. The molecule has 10 nitrogen and oxygen atoms in total. The summed E-state index contributed by atoms with van der Waals surface area (Å²) >= 11 is 1.19. The Morgan fingerprint density at radius 2 is 1.88 bits per heavy atom. The summed E-state index contributed by atoms with van der Waals surface area (Å²) < 4.78 is 3.20. The summed E-state index contributed by atoms with van der Waals surface area (Å²) in [6.07, 6.45) is 1.60. The molecule has 2 N–H and O–H groups in total. The second kappa shape index (κ2) is 9.17. The van der Waals surface area contributed by atoms with Crippen LogP contribution in [0.3, 0.4) is 0 Å². The predicted molar refractivity (Wildman–Crippen MR) is 126 cm³/mol. The van der Waals surface area contributed by atoms with Crippen molar-refractivity contribution in [3.63, 3.8) is 0 Å². The van der Waals surface area contributed by atoms with E-state index in [-0.39, 0.29) is 28.6 Å². The average Bonchev–Trinajstić information content (AvgIpc) is 3.37. The Bertz CT molecular complexity index is 1370. The van der Waals surface area contributed by atoms with Crippen molar-refractivity contribution in [2.45, 2.75) is 12.1 Å². The highest BCUT2D eigenvalue weighted by molar-refractivity contribution is 7.99. The first-order valence-corrected chi connectivity index (χ1v) is 10.9. The van der Waals surface area contributed by atoms with E-state index in [1.165, 1.54) is 28.6 Å². The van der Waals surface area contributed by atoms with Gasteiger partial charge < -0.3 is 10.3 Å². The summed E-state index contributed by atoms with van der Waals surface area (Å²) in [7, 11) is 1.76. The molecule has 1 amide bonds. The molecule has 11 heteroatoms. The van der Waals surface area contributed by atoms with Gasteiger partial charge in [-0.15, -0.1) is 0 Å². The van der Waals surface area contributed by atoms with Gasteiger partial charge in [0.2, 0.25) is 5.91 Å². The molecule has 0 unspecified atom stereocenters. The number of non-ortho nitro benzene ring substituents is 1. The Morgan fingerprint density at radius 3 is 2.55 bits per heavy atom. The first-order valence-electron chi connectivity index (χ1n) is 9.91. The molecule has 0 bridgehead atoms. The van der Waals surface area contributed by atoms with Crippen LogP contribution in [0.15, 0.2) is 70.7 Å². The lowest BCUT2D eigenvalue weighted by Gasteiger charge is -2.07. The van der Waals surface area contributed by atoms with Gasteiger partial charge in [-0.3, -0.25) is 24.4 Å². The van der Waals surface area contributed by atoms with Crippen LogP contribution >= 0.6 is 11.8 Å². The maximum atomic E-state index is 12.9. The molecule has 2 heterocycles. The van der Waals surface area contributed by atoms with E-state index >= 15 is 0 Å². The predicted octanol–water partition coefficient (Wildman–Crippen LogP) is 3.51. The number of imidazole rings is 1. The second-order valence-corrected chi connectivity index (χ2v) is 8.14. The molecule has 2 aromatic heterocycles. The van der Waals surface area contributed by atoms with E-state index in [0.29, 0.717) is 22.2 Å². The molecule has 0 aliphatic rings. The van der Waals surface area contributed by atoms with Gasteiger partial charge in [-0.2, -0.15) is 0 Å². The van der Waals surface area contributed by atoms with E-state index in [4.69, 9.17) is 0 Å². The van der Waals surface area contributed by atoms with Gasteiger partial charge in [0.05, 0.1) is 33.9 Å². The van der Waals surface area contributed by atoms with Crippen LogP contribution in [0.4, 0.5) is 11.4 Å². The molecule has 0 aliphatic carbocycles. The number of nitrogens with one attached hydrogen (secondary N) is 2. The van der Waals surface area contributed by atoms with Gasteiger partial charge >= 0.3 is 0 Å². The van der Waals surface area contributed by atoms with E-state index in [1.807, 2.05) is 30.3 Å². The number of aromatic amines is 1. The lowest BCUT2D eigenvalue weighted by molar-refractivity contribution is -0.384. The van der Waals surface area contributed by atoms with Gasteiger partial charge in [0.1, 0.15) is 5.69 Å². The lowest BCUT2D eigenvalue weighted by atomic mass is 10.1. The number of nitro groups is 1. The van der Waals surface area contributed by atoms with Gasteiger partial charge in [-0.25, -0.2) is 9.67 Å². The summed E-state index contributed by atoms with van der Waals surface area (Å²) in [6, 6.07) is 15.3. The van der Waals surface area contributed by atoms with Crippen molar-refractivity contribution in [1.29, 1.82) is 0 Å². The van der Waals surface area contributed by atoms with Crippen LogP contribution in [-0.4, -0.2) is 35.9 Å². The molecular weight excluding hydrogens is 444 g/mol. The Morgan fingerprint density at radius 1 is 1.18 bits per heavy atom. The fraction of sp³-hybridized carbons (Fsp3) is 0.136. The Balaban J connectivity index is 1.43. The first-order chi connectivity index (χ1) is 15.8. The van der Waals surface area contributed by atoms with E-state index in [9.17, 15) is 19.7 Å². The van der Waals surface area contributed by atoms with Crippen molar-refractivity contribution < 1.29 is 9.72 Å². The van der Waals surface area contributed by atoms with Crippen LogP contribution in [0.5, 0.6) is 0 Å². The summed E-state index contributed by atoms with van der Waals surface area (Å²) in [5.74, 6) is -0.286. The number of rotatable bonds is 7. The normalized spacial score (nSPS) is 10.8. The maximum absolute atomic E-state index is 12.9. The minimum absolute atomic E-state index is 0.00654. The van der Waals surface area contributed by atoms with Crippen molar-refractivity contribution in [3.05, 3.63) is 87.0 Å². The van der Waals surface area contributed by atoms with Crippen molar-refractivity contribution in [3.8, 4) is 16.9 Å². The van der Waals surface area contributed by atoms with Crippen LogP contribution in [-0.2, 0) is 11.8 Å². The maximum Gasteiger partial charge on any atom is 0.295 e. The number of carbonyl (C=O) groups excluding carboxylic acids is 1. The highest BCUT2D eigenvalue weighted by Crippen LogP contribution is 2.24. The van der Waals surface area contributed by atoms with Crippen molar-refractivity contribution in [2.75, 3.05) is 11.1 Å². The Labute approximate surface area is 192 Å². The smallest absolute Gasteiger partial charge is 0.295 e. The van der Waals surface area contributed by atoms with E-state index < -0.39 is 4.92 Å². The van der Waals surface area contributed by atoms with Gasteiger partial charge in [0.15, 0.2) is 5.16 Å². The number of benzene rings is 2. The number of thioether (sulfide) groups is 1. The standard InChI is InChI=1S/C22H20N6O4S/c1-14-20(21(30)27(26(14)2)16-6-4-3-5-7-16)25-19(29)13-33-22-23-12-18(24-22)15-8-10-17(11-9-15)28(31)32/h3-12H,13H2,1-2H3,(H,23,24)(H,25,29). The number of H-pyrrole nitrogens is 1. The first kappa shape index (κ1) is 22.1.